The van der Waals surface area contributed by atoms with Crippen molar-refractivity contribution in [1.82, 2.24) is 10.2 Å². The lowest BCUT2D eigenvalue weighted by Gasteiger charge is -2.14. The van der Waals surface area contributed by atoms with Crippen LogP contribution in [-0.4, -0.2) is 21.7 Å². The summed E-state index contributed by atoms with van der Waals surface area (Å²) < 4.78 is 5.52. The van der Waals surface area contributed by atoms with Gasteiger partial charge in [-0.3, -0.25) is 4.79 Å². The minimum absolute atomic E-state index is 0.148. The van der Waals surface area contributed by atoms with Crippen LogP contribution >= 0.6 is 11.8 Å². The number of nitrogen functional groups attached to an aromatic ring is 1. The zero-order valence-corrected chi connectivity index (χ0v) is 12.5. The summed E-state index contributed by atoms with van der Waals surface area (Å²) in [6.45, 7) is 5.68. The van der Waals surface area contributed by atoms with Gasteiger partial charge in [-0.25, -0.2) is 0 Å². The number of ketones is 1. The van der Waals surface area contributed by atoms with E-state index in [9.17, 15) is 4.79 Å². The van der Waals surface area contributed by atoms with Crippen molar-refractivity contribution in [1.29, 1.82) is 0 Å². The zero-order chi connectivity index (χ0) is 14.8. The molecule has 20 heavy (non-hydrogen) atoms. The van der Waals surface area contributed by atoms with E-state index in [-0.39, 0.29) is 11.2 Å². The summed E-state index contributed by atoms with van der Waals surface area (Å²) in [5.74, 6) is 0.901. The van der Waals surface area contributed by atoms with Crippen molar-refractivity contribution in [2.45, 2.75) is 26.0 Å². The molecule has 0 aliphatic heterocycles. The maximum Gasteiger partial charge on any atom is 0.277 e. The zero-order valence-electron chi connectivity index (χ0n) is 11.7. The maximum atomic E-state index is 11.8. The van der Waals surface area contributed by atoms with Gasteiger partial charge in [0, 0.05) is 16.7 Å². The second-order valence-electron chi connectivity index (χ2n) is 5.46. The number of carbonyl (C=O) groups excluding carboxylic acids is 1. The lowest BCUT2D eigenvalue weighted by Crippen LogP contribution is -2.21. The Balaban J connectivity index is 2.03. The number of hydrogen-bond acceptors (Lipinski definition) is 6. The van der Waals surface area contributed by atoms with Crippen molar-refractivity contribution in [3.05, 3.63) is 24.3 Å². The van der Waals surface area contributed by atoms with Gasteiger partial charge < -0.3 is 10.2 Å². The third-order valence-electron chi connectivity index (χ3n) is 2.73. The Morgan fingerprint density at radius 2 is 1.90 bits per heavy atom. The fraction of sp³-hybridized carbons (Fsp3) is 0.357. The van der Waals surface area contributed by atoms with Gasteiger partial charge in [0.25, 0.3) is 5.22 Å². The van der Waals surface area contributed by atoms with Gasteiger partial charge in [-0.15, -0.1) is 10.2 Å². The number of anilines is 1. The molecule has 0 atom stereocenters. The predicted molar refractivity (Wildman–Crippen MR) is 79.3 cm³/mol. The van der Waals surface area contributed by atoms with Gasteiger partial charge in [-0.2, -0.15) is 0 Å². The fourth-order valence-corrected chi connectivity index (χ4v) is 2.28. The molecule has 0 fully saturated rings. The Hall–Kier alpha value is -1.82. The van der Waals surface area contributed by atoms with Gasteiger partial charge >= 0.3 is 0 Å². The lowest BCUT2D eigenvalue weighted by molar-refractivity contribution is -0.123. The van der Waals surface area contributed by atoms with E-state index >= 15 is 0 Å². The van der Waals surface area contributed by atoms with Crippen molar-refractivity contribution < 1.29 is 9.21 Å². The van der Waals surface area contributed by atoms with E-state index in [2.05, 4.69) is 10.2 Å². The molecule has 106 valence electrons. The molecule has 1 aromatic carbocycles. The SMILES string of the molecule is CC(C)(C)C(=O)CSc1nnc(-c2ccc(N)cc2)o1. The molecule has 1 aromatic heterocycles. The molecule has 0 aliphatic carbocycles. The lowest BCUT2D eigenvalue weighted by atomic mass is 9.92. The van der Waals surface area contributed by atoms with Crippen LogP contribution in [0.3, 0.4) is 0 Å². The number of hydrogen-bond donors (Lipinski definition) is 1. The second kappa shape index (κ2) is 5.66. The summed E-state index contributed by atoms with van der Waals surface area (Å²) in [5, 5.41) is 8.30. The van der Waals surface area contributed by atoms with Gasteiger partial charge in [0.1, 0.15) is 5.78 Å². The number of nitrogens with two attached hydrogens (primary N) is 1. The standard InChI is InChI=1S/C14H17N3O2S/c1-14(2,3)11(18)8-20-13-17-16-12(19-13)9-4-6-10(15)7-5-9/h4-7H,8,15H2,1-3H3. The Morgan fingerprint density at radius 3 is 2.50 bits per heavy atom. The number of benzene rings is 1. The molecule has 5 nitrogen and oxygen atoms in total. The van der Waals surface area contributed by atoms with Crippen LogP contribution in [0.2, 0.25) is 0 Å². The smallest absolute Gasteiger partial charge is 0.277 e. The Kier molecular flexibility index (Phi) is 4.13. The molecule has 1 heterocycles. The Bertz CT molecular complexity index is 600. The van der Waals surface area contributed by atoms with Gasteiger partial charge in [0.2, 0.25) is 5.89 Å². The minimum atomic E-state index is -0.354. The average molecular weight is 291 g/mol. The van der Waals surface area contributed by atoms with Crippen LogP contribution in [0.5, 0.6) is 0 Å². The maximum absolute atomic E-state index is 11.8. The van der Waals surface area contributed by atoms with Gasteiger partial charge in [-0.1, -0.05) is 32.5 Å². The summed E-state index contributed by atoms with van der Waals surface area (Å²) in [5.41, 5.74) is 6.75. The molecule has 0 saturated heterocycles. The van der Waals surface area contributed by atoms with E-state index in [1.807, 2.05) is 32.9 Å². The number of rotatable bonds is 4. The third kappa shape index (κ3) is 3.60. The van der Waals surface area contributed by atoms with Gasteiger partial charge in [0.05, 0.1) is 5.75 Å². The van der Waals surface area contributed by atoms with Crippen LogP contribution < -0.4 is 5.73 Å². The highest BCUT2D eigenvalue weighted by atomic mass is 32.2. The van der Waals surface area contributed by atoms with Crippen LogP contribution in [0.1, 0.15) is 20.8 Å². The van der Waals surface area contributed by atoms with Crippen molar-refractivity contribution in [3.63, 3.8) is 0 Å². The van der Waals surface area contributed by atoms with E-state index < -0.39 is 0 Å². The van der Waals surface area contributed by atoms with Gasteiger partial charge in [-0.05, 0) is 24.3 Å². The monoisotopic (exact) mass is 291 g/mol. The highest BCUT2D eigenvalue weighted by molar-refractivity contribution is 7.99. The van der Waals surface area contributed by atoms with Crippen LogP contribution in [0.25, 0.3) is 11.5 Å². The molecule has 2 aromatic rings. The number of nitrogens with zero attached hydrogens (tertiary/aromatic N) is 2. The molecule has 2 N–H and O–H groups in total. The third-order valence-corrected chi connectivity index (χ3v) is 3.55. The summed E-state index contributed by atoms with van der Waals surface area (Å²) >= 11 is 1.26. The largest absolute Gasteiger partial charge is 0.411 e. The van der Waals surface area contributed by atoms with E-state index in [0.717, 1.165) is 5.56 Å². The topological polar surface area (TPSA) is 82.0 Å². The molecule has 0 aliphatic rings. The molecule has 0 amide bonds. The minimum Gasteiger partial charge on any atom is -0.411 e. The summed E-state index contributed by atoms with van der Waals surface area (Å²) in [6.07, 6.45) is 0. The Morgan fingerprint density at radius 1 is 1.25 bits per heavy atom. The number of Topliss-reactive ketones (excluding diaryl/α,β-unsaturated/α-hetero) is 1. The highest BCUT2D eigenvalue weighted by Crippen LogP contribution is 2.26. The molecule has 0 saturated carbocycles. The Labute approximate surface area is 122 Å². The molecule has 0 radical (unpaired) electrons. The first-order valence-corrected chi connectivity index (χ1v) is 7.20. The molecular formula is C14H17N3O2S. The van der Waals surface area contributed by atoms with Gasteiger partial charge in [0.15, 0.2) is 0 Å². The molecule has 0 unspecified atom stereocenters. The van der Waals surface area contributed by atoms with Crippen molar-refractivity contribution in [3.8, 4) is 11.5 Å². The van der Waals surface area contributed by atoms with Crippen LogP contribution in [0.15, 0.2) is 33.9 Å². The van der Waals surface area contributed by atoms with Crippen molar-refractivity contribution in [2.75, 3.05) is 11.5 Å². The first-order chi connectivity index (χ1) is 9.36. The first kappa shape index (κ1) is 14.6. The average Bonchev–Trinajstić information content (AvgIpc) is 2.84. The second-order valence-corrected chi connectivity index (χ2v) is 6.38. The quantitative estimate of drug-likeness (QED) is 0.688. The summed E-state index contributed by atoms with van der Waals surface area (Å²) in [7, 11) is 0. The summed E-state index contributed by atoms with van der Waals surface area (Å²) in [6, 6.07) is 7.18. The van der Waals surface area contributed by atoms with Crippen LogP contribution in [-0.2, 0) is 4.79 Å². The summed E-state index contributed by atoms with van der Waals surface area (Å²) in [4.78, 5) is 11.8. The van der Waals surface area contributed by atoms with E-state index in [4.69, 9.17) is 10.2 Å². The first-order valence-electron chi connectivity index (χ1n) is 6.22. The van der Waals surface area contributed by atoms with Crippen molar-refractivity contribution in [2.24, 2.45) is 5.41 Å². The predicted octanol–water partition coefficient (Wildman–Crippen LogP) is 3.03. The molecule has 0 spiro atoms. The van der Waals surface area contributed by atoms with Crippen LogP contribution in [0, 0.1) is 5.41 Å². The molecule has 2 rings (SSSR count). The molecule has 6 heteroatoms. The van der Waals surface area contributed by atoms with Crippen LogP contribution in [0.4, 0.5) is 5.69 Å². The van der Waals surface area contributed by atoms with E-state index in [1.54, 1.807) is 12.1 Å². The fourth-order valence-electron chi connectivity index (χ4n) is 1.35. The molecule has 0 bridgehead atoms. The normalized spacial score (nSPS) is 11.6. The van der Waals surface area contributed by atoms with Crippen molar-refractivity contribution >= 4 is 23.2 Å². The van der Waals surface area contributed by atoms with E-state index in [1.165, 1.54) is 11.8 Å². The number of carbonyl (C=O) groups is 1. The highest BCUT2D eigenvalue weighted by Gasteiger charge is 2.22. The molecular weight excluding hydrogens is 274 g/mol. The number of aromatic nitrogens is 2. The van der Waals surface area contributed by atoms with E-state index in [0.29, 0.717) is 22.6 Å². The number of thioether (sulfide) groups is 1.